The van der Waals surface area contributed by atoms with Gasteiger partial charge in [-0.2, -0.15) is 10.5 Å². The van der Waals surface area contributed by atoms with Crippen LogP contribution in [-0.2, 0) is 4.74 Å². The Morgan fingerprint density at radius 3 is 2.21 bits per heavy atom. The first-order valence-corrected chi connectivity index (χ1v) is 9.37. The molecule has 0 radical (unpaired) electrons. The van der Waals surface area contributed by atoms with Crippen LogP contribution < -0.4 is 4.74 Å². The maximum atomic E-state index is 9.14. The van der Waals surface area contributed by atoms with Crippen LogP contribution in [0.25, 0.3) is 0 Å². The molecule has 0 saturated carbocycles. The first kappa shape index (κ1) is 21.0. The predicted molar refractivity (Wildman–Crippen MR) is 109 cm³/mol. The molecule has 0 amide bonds. The van der Waals surface area contributed by atoms with E-state index in [2.05, 4.69) is 18.8 Å². The molecule has 142 valence electrons. The van der Waals surface area contributed by atoms with Gasteiger partial charge in [-0.25, -0.2) is 0 Å². The Morgan fingerprint density at radius 2 is 1.57 bits per heavy atom. The van der Waals surface area contributed by atoms with E-state index < -0.39 is 0 Å². The highest BCUT2D eigenvalue weighted by Gasteiger charge is 2.05. The first-order chi connectivity index (χ1) is 13.6. The molecule has 0 bridgehead atoms. The van der Waals surface area contributed by atoms with Crippen molar-refractivity contribution < 1.29 is 9.47 Å². The summed E-state index contributed by atoms with van der Waals surface area (Å²) in [6.45, 7) is 8.02. The van der Waals surface area contributed by atoms with Crippen molar-refractivity contribution in [3.05, 3.63) is 63.7 Å². The molecule has 0 heterocycles. The van der Waals surface area contributed by atoms with Gasteiger partial charge in [0.2, 0.25) is 0 Å². The molecule has 2 aromatic carbocycles. The maximum Gasteiger partial charge on any atom is 0.120 e. The second-order valence-electron chi connectivity index (χ2n) is 6.48. The third-order valence-electron chi connectivity index (χ3n) is 4.24. The second kappa shape index (κ2) is 10.8. The van der Waals surface area contributed by atoms with Gasteiger partial charge in [0.1, 0.15) is 24.5 Å². The van der Waals surface area contributed by atoms with E-state index in [4.69, 9.17) is 20.0 Å². The van der Waals surface area contributed by atoms with E-state index in [0.29, 0.717) is 29.9 Å². The molecule has 0 aromatic heterocycles. The molecule has 0 atom stereocenters. The summed E-state index contributed by atoms with van der Waals surface area (Å²) in [5.74, 6) is 7.08. The number of aryl methyl sites for hydroxylation is 2. The molecule has 0 N–H and O–H groups in total. The minimum atomic E-state index is 0.340. The molecule has 2 rings (SSSR count). The molecular weight excluding hydrogens is 348 g/mol. The van der Waals surface area contributed by atoms with E-state index in [0.717, 1.165) is 41.9 Å². The number of benzene rings is 2. The summed E-state index contributed by atoms with van der Waals surface area (Å²) >= 11 is 0. The number of nitriles is 2. The zero-order valence-corrected chi connectivity index (χ0v) is 16.6. The quantitative estimate of drug-likeness (QED) is 0.524. The SMILES string of the molecule is CCCCOCCOc1cc(C)c(C#Cc2ccc(C#N)c(C#N)c2)c(C)c1. The summed E-state index contributed by atoms with van der Waals surface area (Å²) in [4.78, 5) is 0. The van der Waals surface area contributed by atoms with Crippen LogP contribution in [0, 0.1) is 48.4 Å². The van der Waals surface area contributed by atoms with E-state index in [9.17, 15) is 0 Å². The average molecular weight is 372 g/mol. The van der Waals surface area contributed by atoms with Crippen LogP contribution in [0.3, 0.4) is 0 Å². The first-order valence-electron chi connectivity index (χ1n) is 9.37. The van der Waals surface area contributed by atoms with Gasteiger partial charge in [0, 0.05) is 17.7 Å². The Balaban J connectivity index is 2.09. The van der Waals surface area contributed by atoms with Crippen molar-refractivity contribution in [2.45, 2.75) is 33.6 Å². The van der Waals surface area contributed by atoms with Crippen molar-refractivity contribution in [3.8, 4) is 29.7 Å². The van der Waals surface area contributed by atoms with Gasteiger partial charge in [0.25, 0.3) is 0 Å². The molecule has 0 saturated heterocycles. The van der Waals surface area contributed by atoms with Crippen molar-refractivity contribution in [2.24, 2.45) is 0 Å². The molecule has 0 aliphatic carbocycles. The van der Waals surface area contributed by atoms with Gasteiger partial charge >= 0.3 is 0 Å². The summed E-state index contributed by atoms with van der Waals surface area (Å²) < 4.78 is 11.3. The summed E-state index contributed by atoms with van der Waals surface area (Å²) in [5.41, 5.74) is 4.41. The highest BCUT2D eigenvalue weighted by Crippen LogP contribution is 2.21. The van der Waals surface area contributed by atoms with Crippen molar-refractivity contribution >= 4 is 0 Å². The van der Waals surface area contributed by atoms with Gasteiger partial charge in [-0.3, -0.25) is 0 Å². The van der Waals surface area contributed by atoms with Crippen LogP contribution in [0.4, 0.5) is 0 Å². The smallest absolute Gasteiger partial charge is 0.120 e. The summed E-state index contributed by atoms with van der Waals surface area (Å²) in [7, 11) is 0. The van der Waals surface area contributed by atoms with Crippen molar-refractivity contribution in [2.75, 3.05) is 19.8 Å². The Morgan fingerprint density at radius 1 is 0.857 bits per heavy atom. The lowest BCUT2D eigenvalue weighted by Gasteiger charge is -2.10. The molecule has 0 spiro atoms. The maximum absolute atomic E-state index is 9.14. The predicted octanol–water partition coefficient (Wildman–Crippen LogP) is 4.64. The second-order valence-corrected chi connectivity index (χ2v) is 6.48. The largest absolute Gasteiger partial charge is 0.491 e. The number of ether oxygens (including phenoxy) is 2. The monoisotopic (exact) mass is 372 g/mol. The fourth-order valence-electron chi connectivity index (χ4n) is 2.72. The fourth-order valence-corrected chi connectivity index (χ4v) is 2.72. The van der Waals surface area contributed by atoms with E-state index in [-0.39, 0.29) is 0 Å². The van der Waals surface area contributed by atoms with E-state index in [1.165, 1.54) is 0 Å². The summed E-state index contributed by atoms with van der Waals surface area (Å²) in [6, 6.07) is 13.0. The molecule has 4 heteroatoms. The normalized spacial score (nSPS) is 9.75. The van der Waals surface area contributed by atoms with Crippen molar-refractivity contribution in [3.63, 3.8) is 0 Å². The van der Waals surface area contributed by atoms with Gasteiger partial charge in [-0.1, -0.05) is 25.2 Å². The van der Waals surface area contributed by atoms with E-state index in [1.54, 1.807) is 18.2 Å². The lowest BCUT2D eigenvalue weighted by Crippen LogP contribution is -2.07. The number of hydrogen-bond donors (Lipinski definition) is 0. The molecule has 0 unspecified atom stereocenters. The van der Waals surface area contributed by atoms with Gasteiger partial charge in [0.05, 0.1) is 17.7 Å². The Labute approximate surface area is 167 Å². The Kier molecular flexibility index (Phi) is 8.11. The lowest BCUT2D eigenvalue weighted by atomic mass is 10.0. The Hall–Kier alpha value is -3.26. The van der Waals surface area contributed by atoms with Crippen LogP contribution in [-0.4, -0.2) is 19.8 Å². The minimum absolute atomic E-state index is 0.340. The summed E-state index contributed by atoms with van der Waals surface area (Å²) in [6.07, 6.45) is 2.20. The molecule has 28 heavy (non-hydrogen) atoms. The van der Waals surface area contributed by atoms with E-state index >= 15 is 0 Å². The molecule has 4 nitrogen and oxygen atoms in total. The van der Waals surface area contributed by atoms with Crippen LogP contribution in [0.1, 0.15) is 53.1 Å². The van der Waals surface area contributed by atoms with Gasteiger partial charge in [-0.05, 0) is 61.7 Å². The minimum Gasteiger partial charge on any atom is -0.491 e. The fraction of sp³-hybridized carbons (Fsp3) is 0.333. The zero-order chi connectivity index (χ0) is 20.4. The molecule has 0 aliphatic rings. The van der Waals surface area contributed by atoms with E-state index in [1.807, 2.05) is 38.1 Å². The topological polar surface area (TPSA) is 66.0 Å². The molecule has 2 aromatic rings. The third kappa shape index (κ3) is 5.88. The molecule has 0 aliphatic heterocycles. The number of nitrogens with zero attached hydrogens (tertiary/aromatic N) is 2. The van der Waals surface area contributed by atoms with Gasteiger partial charge in [-0.15, -0.1) is 0 Å². The molecular formula is C24H24N2O2. The number of hydrogen-bond acceptors (Lipinski definition) is 4. The van der Waals surface area contributed by atoms with Crippen LogP contribution >= 0.6 is 0 Å². The standard InChI is InChI=1S/C24H24N2O2/c1-4-5-10-27-11-12-28-23-13-18(2)24(19(3)14-23)9-7-20-6-8-21(16-25)22(15-20)17-26/h6,8,13-15H,4-5,10-12H2,1-3H3. The van der Waals surface area contributed by atoms with Crippen LogP contribution in [0.2, 0.25) is 0 Å². The number of unbranched alkanes of at least 4 members (excludes halogenated alkanes) is 1. The average Bonchev–Trinajstić information content (AvgIpc) is 2.69. The van der Waals surface area contributed by atoms with Crippen LogP contribution in [0.5, 0.6) is 5.75 Å². The van der Waals surface area contributed by atoms with Crippen LogP contribution in [0.15, 0.2) is 30.3 Å². The van der Waals surface area contributed by atoms with Crippen molar-refractivity contribution in [1.82, 2.24) is 0 Å². The molecule has 0 fully saturated rings. The highest BCUT2D eigenvalue weighted by atomic mass is 16.5. The zero-order valence-electron chi connectivity index (χ0n) is 16.6. The van der Waals surface area contributed by atoms with Gasteiger partial charge < -0.3 is 9.47 Å². The lowest BCUT2D eigenvalue weighted by molar-refractivity contribution is 0.0980. The third-order valence-corrected chi connectivity index (χ3v) is 4.24. The number of rotatable bonds is 7. The van der Waals surface area contributed by atoms with Gasteiger partial charge in [0.15, 0.2) is 0 Å². The Bertz CT molecular complexity index is 946. The summed E-state index contributed by atoms with van der Waals surface area (Å²) in [5, 5.41) is 18.1. The van der Waals surface area contributed by atoms with Crippen molar-refractivity contribution in [1.29, 1.82) is 10.5 Å². The highest BCUT2D eigenvalue weighted by molar-refractivity contribution is 5.55.